The maximum atomic E-state index is 11.8. The summed E-state index contributed by atoms with van der Waals surface area (Å²) in [7, 11) is 0. The molecule has 1 saturated heterocycles. The number of piperidine rings is 1. The van der Waals surface area contributed by atoms with Crippen LogP contribution >= 0.6 is 0 Å². The standard InChI is InChI=1S/C14H27N3O/c1-3-15-11(2)12-5-4-8-17(9-12)10-14(18)16-13-6-7-13/h11-13,15H,3-10H2,1-2H3,(H,16,18). The van der Waals surface area contributed by atoms with Gasteiger partial charge in [-0.1, -0.05) is 6.92 Å². The lowest BCUT2D eigenvalue weighted by Crippen LogP contribution is -2.47. The number of amides is 1. The van der Waals surface area contributed by atoms with Gasteiger partial charge in [0.1, 0.15) is 0 Å². The van der Waals surface area contributed by atoms with Crippen LogP contribution in [0.25, 0.3) is 0 Å². The lowest BCUT2D eigenvalue weighted by atomic mass is 9.91. The Balaban J connectivity index is 1.73. The van der Waals surface area contributed by atoms with Gasteiger partial charge in [-0.2, -0.15) is 0 Å². The molecule has 1 heterocycles. The quantitative estimate of drug-likeness (QED) is 0.741. The number of nitrogens with one attached hydrogen (secondary N) is 2. The fraction of sp³-hybridized carbons (Fsp3) is 0.929. The van der Waals surface area contributed by atoms with Crippen LogP contribution in [0, 0.1) is 5.92 Å². The molecule has 2 N–H and O–H groups in total. The molecule has 104 valence electrons. The molecule has 4 nitrogen and oxygen atoms in total. The van der Waals surface area contributed by atoms with Crippen LogP contribution in [-0.4, -0.2) is 49.1 Å². The van der Waals surface area contributed by atoms with E-state index in [4.69, 9.17) is 0 Å². The van der Waals surface area contributed by atoms with Crippen LogP contribution in [0.2, 0.25) is 0 Å². The fourth-order valence-corrected chi connectivity index (χ4v) is 2.84. The second-order valence-corrected chi connectivity index (χ2v) is 5.83. The Kier molecular flexibility index (Phi) is 5.01. The van der Waals surface area contributed by atoms with Crippen molar-refractivity contribution in [1.29, 1.82) is 0 Å². The third-order valence-electron chi connectivity index (χ3n) is 4.08. The first kappa shape index (κ1) is 13.8. The number of hydrogen-bond donors (Lipinski definition) is 2. The molecule has 1 amide bonds. The summed E-state index contributed by atoms with van der Waals surface area (Å²) in [5, 5.41) is 6.58. The maximum absolute atomic E-state index is 11.8. The van der Waals surface area contributed by atoms with E-state index in [1.807, 2.05) is 0 Å². The summed E-state index contributed by atoms with van der Waals surface area (Å²) in [6, 6.07) is 1.04. The molecule has 0 aromatic rings. The molecule has 4 heteroatoms. The lowest BCUT2D eigenvalue weighted by molar-refractivity contribution is -0.122. The number of likely N-dealkylation sites (tertiary alicyclic amines) is 1. The largest absolute Gasteiger partial charge is 0.352 e. The van der Waals surface area contributed by atoms with Crippen LogP contribution in [0.1, 0.15) is 39.5 Å². The van der Waals surface area contributed by atoms with Gasteiger partial charge in [0.2, 0.25) is 5.91 Å². The molecule has 2 aliphatic rings. The summed E-state index contributed by atoms with van der Waals surface area (Å²) < 4.78 is 0. The first-order chi connectivity index (χ1) is 8.69. The minimum absolute atomic E-state index is 0.217. The minimum atomic E-state index is 0.217. The van der Waals surface area contributed by atoms with Crippen molar-refractivity contribution >= 4 is 5.91 Å². The lowest BCUT2D eigenvalue weighted by Gasteiger charge is -2.35. The van der Waals surface area contributed by atoms with Gasteiger partial charge in [0.25, 0.3) is 0 Å². The summed E-state index contributed by atoms with van der Waals surface area (Å²) >= 11 is 0. The van der Waals surface area contributed by atoms with Gasteiger partial charge in [-0.3, -0.25) is 9.69 Å². The molecule has 0 spiro atoms. The van der Waals surface area contributed by atoms with Gasteiger partial charge in [-0.15, -0.1) is 0 Å². The molecule has 0 aromatic heterocycles. The number of carbonyl (C=O) groups excluding carboxylic acids is 1. The van der Waals surface area contributed by atoms with E-state index < -0.39 is 0 Å². The zero-order valence-electron chi connectivity index (χ0n) is 11.7. The van der Waals surface area contributed by atoms with Crippen molar-refractivity contribution in [3.8, 4) is 0 Å². The van der Waals surface area contributed by atoms with Crippen molar-refractivity contribution in [2.45, 2.75) is 51.6 Å². The molecular weight excluding hydrogens is 226 g/mol. The summed E-state index contributed by atoms with van der Waals surface area (Å²) in [5.41, 5.74) is 0. The SMILES string of the molecule is CCNC(C)C1CCCN(CC(=O)NC2CC2)C1. The molecule has 18 heavy (non-hydrogen) atoms. The topological polar surface area (TPSA) is 44.4 Å². The number of rotatable bonds is 6. The molecule has 1 aliphatic carbocycles. The third-order valence-corrected chi connectivity index (χ3v) is 4.08. The van der Waals surface area contributed by atoms with Gasteiger partial charge in [0, 0.05) is 18.6 Å². The second-order valence-electron chi connectivity index (χ2n) is 5.83. The minimum Gasteiger partial charge on any atom is -0.352 e. The molecule has 1 saturated carbocycles. The monoisotopic (exact) mass is 253 g/mol. The summed E-state index contributed by atoms with van der Waals surface area (Å²) in [4.78, 5) is 14.1. The fourth-order valence-electron chi connectivity index (χ4n) is 2.84. The highest BCUT2D eigenvalue weighted by molar-refractivity contribution is 5.78. The van der Waals surface area contributed by atoms with E-state index >= 15 is 0 Å². The molecule has 2 unspecified atom stereocenters. The van der Waals surface area contributed by atoms with Crippen LogP contribution in [-0.2, 0) is 4.79 Å². The third kappa shape index (κ3) is 4.25. The van der Waals surface area contributed by atoms with E-state index in [1.54, 1.807) is 0 Å². The van der Waals surface area contributed by atoms with Crippen LogP contribution in [0.3, 0.4) is 0 Å². The Hall–Kier alpha value is -0.610. The highest BCUT2D eigenvalue weighted by Crippen LogP contribution is 2.21. The molecule has 0 bridgehead atoms. The normalized spacial score (nSPS) is 26.9. The van der Waals surface area contributed by atoms with Crippen molar-refractivity contribution in [2.24, 2.45) is 5.92 Å². The van der Waals surface area contributed by atoms with Gasteiger partial charge in [0.05, 0.1) is 6.54 Å². The van der Waals surface area contributed by atoms with E-state index in [0.717, 1.165) is 19.6 Å². The van der Waals surface area contributed by atoms with Crippen molar-refractivity contribution in [2.75, 3.05) is 26.2 Å². The molecular formula is C14H27N3O. The summed E-state index contributed by atoms with van der Waals surface area (Å²) in [6.45, 7) is 8.17. The van der Waals surface area contributed by atoms with Gasteiger partial charge in [0.15, 0.2) is 0 Å². The molecule has 2 atom stereocenters. The number of nitrogens with zero attached hydrogens (tertiary/aromatic N) is 1. The highest BCUT2D eigenvalue weighted by atomic mass is 16.2. The van der Waals surface area contributed by atoms with Crippen LogP contribution in [0.4, 0.5) is 0 Å². The Morgan fingerprint density at radius 2 is 2.17 bits per heavy atom. The van der Waals surface area contributed by atoms with E-state index in [9.17, 15) is 4.79 Å². The Bertz CT molecular complexity index is 278. The molecule has 2 fully saturated rings. The van der Waals surface area contributed by atoms with E-state index in [-0.39, 0.29) is 5.91 Å². The Labute approximate surface area is 110 Å². The summed E-state index contributed by atoms with van der Waals surface area (Å²) in [6.07, 6.45) is 4.85. The molecule has 0 radical (unpaired) electrons. The van der Waals surface area contributed by atoms with Gasteiger partial charge in [-0.25, -0.2) is 0 Å². The summed E-state index contributed by atoms with van der Waals surface area (Å²) in [5.74, 6) is 0.904. The molecule has 2 rings (SSSR count). The van der Waals surface area contributed by atoms with Gasteiger partial charge in [-0.05, 0) is 51.6 Å². The van der Waals surface area contributed by atoms with Crippen LogP contribution in [0.15, 0.2) is 0 Å². The average molecular weight is 253 g/mol. The number of carbonyl (C=O) groups is 1. The van der Waals surface area contributed by atoms with Crippen molar-refractivity contribution in [1.82, 2.24) is 15.5 Å². The molecule has 1 aliphatic heterocycles. The maximum Gasteiger partial charge on any atom is 0.234 e. The predicted octanol–water partition coefficient (Wildman–Crippen LogP) is 0.975. The molecule has 0 aromatic carbocycles. The zero-order valence-corrected chi connectivity index (χ0v) is 11.7. The first-order valence-corrected chi connectivity index (χ1v) is 7.44. The van der Waals surface area contributed by atoms with E-state index in [0.29, 0.717) is 24.5 Å². The first-order valence-electron chi connectivity index (χ1n) is 7.44. The second kappa shape index (κ2) is 6.53. The zero-order chi connectivity index (χ0) is 13.0. The highest BCUT2D eigenvalue weighted by Gasteiger charge is 2.27. The Morgan fingerprint density at radius 3 is 2.83 bits per heavy atom. The smallest absolute Gasteiger partial charge is 0.234 e. The Morgan fingerprint density at radius 1 is 1.39 bits per heavy atom. The van der Waals surface area contributed by atoms with Gasteiger partial charge >= 0.3 is 0 Å². The van der Waals surface area contributed by atoms with Crippen LogP contribution < -0.4 is 10.6 Å². The van der Waals surface area contributed by atoms with E-state index in [1.165, 1.54) is 25.7 Å². The predicted molar refractivity (Wildman–Crippen MR) is 73.5 cm³/mol. The van der Waals surface area contributed by atoms with Gasteiger partial charge < -0.3 is 10.6 Å². The van der Waals surface area contributed by atoms with Crippen molar-refractivity contribution < 1.29 is 4.79 Å². The van der Waals surface area contributed by atoms with Crippen molar-refractivity contribution in [3.63, 3.8) is 0 Å². The van der Waals surface area contributed by atoms with E-state index in [2.05, 4.69) is 29.4 Å². The van der Waals surface area contributed by atoms with Crippen LogP contribution in [0.5, 0.6) is 0 Å². The average Bonchev–Trinajstić information content (AvgIpc) is 3.13. The number of hydrogen-bond acceptors (Lipinski definition) is 3. The van der Waals surface area contributed by atoms with Crippen molar-refractivity contribution in [3.05, 3.63) is 0 Å².